The van der Waals surface area contributed by atoms with Gasteiger partial charge in [-0.2, -0.15) is 0 Å². The summed E-state index contributed by atoms with van der Waals surface area (Å²) < 4.78 is 0.939. The molecule has 0 aliphatic heterocycles. The average molecular weight is 384 g/mol. The number of hydrogen-bond acceptors (Lipinski definition) is 1. The Labute approximate surface area is 122 Å². The molecular formula is C11H5Cl3IN. The topological polar surface area (TPSA) is 12.9 Å². The summed E-state index contributed by atoms with van der Waals surface area (Å²) in [6.07, 6.45) is 1.59. The molecule has 0 saturated carbocycles. The lowest BCUT2D eigenvalue weighted by Crippen LogP contribution is -1.89. The van der Waals surface area contributed by atoms with Gasteiger partial charge in [0, 0.05) is 15.3 Å². The van der Waals surface area contributed by atoms with E-state index in [1.165, 1.54) is 0 Å². The Balaban J connectivity index is 2.63. The Bertz CT molecular complexity index is 543. The van der Waals surface area contributed by atoms with E-state index >= 15 is 0 Å². The normalized spacial score (nSPS) is 10.5. The molecule has 0 N–H and O–H groups in total. The highest BCUT2D eigenvalue weighted by atomic mass is 127. The molecule has 1 aromatic carbocycles. The maximum atomic E-state index is 6.13. The summed E-state index contributed by atoms with van der Waals surface area (Å²) in [5.74, 6) is 0. The first kappa shape index (κ1) is 12.4. The van der Waals surface area contributed by atoms with Crippen LogP contribution in [0, 0.1) is 3.57 Å². The fourth-order valence-electron chi connectivity index (χ4n) is 1.30. The van der Waals surface area contributed by atoms with Crippen molar-refractivity contribution in [3.8, 4) is 11.3 Å². The van der Waals surface area contributed by atoms with Gasteiger partial charge in [-0.3, -0.25) is 4.98 Å². The van der Waals surface area contributed by atoms with Crippen molar-refractivity contribution in [3.05, 3.63) is 49.1 Å². The van der Waals surface area contributed by atoms with E-state index in [2.05, 4.69) is 27.6 Å². The lowest BCUT2D eigenvalue weighted by molar-refractivity contribution is 1.31. The van der Waals surface area contributed by atoms with Crippen molar-refractivity contribution in [2.24, 2.45) is 0 Å². The number of halogens is 4. The van der Waals surface area contributed by atoms with Gasteiger partial charge in [-0.1, -0.05) is 46.9 Å². The Hall–Kier alpha value is -0.0300. The van der Waals surface area contributed by atoms with Gasteiger partial charge in [-0.15, -0.1) is 0 Å². The van der Waals surface area contributed by atoms with Gasteiger partial charge in [-0.25, -0.2) is 0 Å². The molecule has 82 valence electrons. The largest absolute Gasteiger partial charge is 0.254 e. The van der Waals surface area contributed by atoms with Crippen molar-refractivity contribution < 1.29 is 0 Å². The van der Waals surface area contributed by atoms with Crippen LogP contribution in [0.3, 0.4) is 0 Å². The quantitative estimate of drug-likeness (QED) is 0.607. The maximum Gasteiger partial charge on any atom is 0.0851 e. The molecule has 0 radical (unpaired) electrons. The van der Waals surface area contributed by atoms with Crippen molar-refractivity contribution >= 4 is 57.4 Å². The zero-order valence-electron chi connectivity index (χ0n) is 7.85. The Morgan fingerprint density at radius 2 is 1.88 bits per heavy atom. The van der Waals surface area contributed by atoms with Gasteiger partial charge in [0.15, 0.2) is 0 Å². The molecule has 16 heavy (non-hydrogen) atoms. The summed E-state index contributed by atoms with van der Waals surface area (Å²) >= 11 is 20.1. The third-order valence-corrected chi connectivity index (χ3v) is 3.86. The molecule has 1 aromatic heterocycles. The number of hydrogen-bond donors (Lipinski definition) is 0. The first-order valence-corrected chi connectivity index (χ1v) is 6.56. The molecule has 0 aliphatic carbocycles. The molecular weight excluding hydrogens is 379 g/mol. The molecule has 5 heteroatoms. The Kier molecular flexibility index (Phi) is 3.95. The van der Waals surface area contributed by atoms with Crippen molar-refractivity contribution in [1.29, 1.82) is 0 Å². The van der Waals surface area contributed by atoms with Crippen LogP contribution in [-0.4, -0.2) is 4.98 Å². The van der Waals surface area contributed by atoms with Crippen molar-refractivity contribution in [2.75, 3.05) is 0 Å². The van der Waals surface area contributed by atoms with Crippen molar-refractivity contribution in [1.82, 2.24) is 4.98 Å². The molecule has 0 atom stereocenters. The second-order valence-electron chi connectivity index (χ2n) is 3.09. The van der Waals surface area contributed by atoms with E-state index < -0.39 is 0 Å². The van der Waals surface area contributed by atoms with Crippen LogP contribution >= 0.6 is 57.4 Å². The fraction of sp³-hybridized carbons (Fsp3) is 0. The summed E-state index contributed by atoms with van der Waals surface area (Å²) in [6.45, 7) is 0. The van der Waals surface area contributed by atoms with Gasteiger partial charge in [0.1, 0.15) is 0 Å². The molecule has 0 unspecified atom stereocenters. The lowest BCUT2D eigenvalue weighted by Gasteiger charge is -2.07. The molecule has 0 bridgehead atoms. The molecule has 0 amide bonds. The molecule has 2 rings (SSSR count). The molecule has 0 aliphatic rings. The maximum absolute atomic E-state index is 6.13. The van der Waals surface area contributed by atoms with Crippen LogP contribution in [0.2, 0.25) is 15.1 Å². The number of pyridine rings is 1. The zero-order valence-corrected chi connectivity index (χ0v) is 12.3. The SMILES string of the molecule is Clc1cnc(-c2cccc(Cl)c2Cl)c(I)c1. The van der Waals surface area contributed by atoms with Crippen LogP contribution in [0.5, 0.6) is 0 Å². The van der Waals surface area contributed by atoms with E-state index in [1.54, 1.807) is 12.3 Å². The molecule has 0 spiro atoms. The van der Waals surface area contributed by atoms with Crippen LogP contribution in [0.15, 0.2) is 30.5 Å². The van der Waals surface area contributed by atoms with Gasteiger partial charge in [-0.05, 0) is 34.7 Å². The highest BCUT2D eigenvalue weighted by Crippen LogP contribution is 2.34. The standard InChI is InChI=1S/C11H5Cl3IN/c12-6-4-9(15)11(16-5-6)7-2-1-3-8(13)10(7)14/h1-5H. The summed E-state index contributed by atoms with van der Waals surface area (Å²) in [5, 5.41) is 1.63. The van der Waals surface area contributed by atoms with Gasteiger partial charge < -0.3 is 0 Å². The third kappa shape index (κ3) is 2.45. The van der Waals surface area contributed by atoms with E-state index in [1.807, 2.05) is 18.2 Å². The van der Waals surface area contributed by atoms with E-state index in [0.717, 1.165) is 14.8 Å². The van der Waals surface area contributed by atoms with E-state index in [4.69, 9.17) is 34.8 Å². The van der Waals surface area contributed by atoms with Crippen molar-refractivity contribution in [3.63, 3.8) is 0 Å². The molecule has 2 aromatic rings. The lowest BCUT2D eigenvalue weighted by atomic mass is 10.1. The molecule has 1 nitrogen and oxygen atoms in total. The first-order valence-electron chi connectivity index (χ1n) is 4.35. The predicted octanol–water partition coefficient (Wildman–Crippen LogP) is 5.31. The summed E-state index contributed by atoms with van der Waals surface area (Å²) in [6, 6.07) is 7.31. The Morgan fingerprint density at radius 1 is 1.12 bits per heavy atom. The predicted molar refractivity (Wildman–Crippen MR) is 77.4 cm³/mol. The minimum Gasteiger partial charge on any atom is -0.254 e. The van der Waals surface area contributed by atoms with Crippen LogP contribution < -0.4 is 0 Å². The summed E-state index contributed by atoms with van der Waals surface area (Å²) in [5.41, 5.74) is 1.60. The summed E-state index contributed by atoms with van der Waals surface area (Å²) in [4.78, 5) is 4.27. The highest BCUT2D eigenvalue weighted by molar-refractivity contribution is 14.1. The number of rotatable bonds is 1. The first-order chi connectivity index (χ1) is 7.59. The van der Waals surface area contributed by atoms with E-state index in [9.17, 15) is 0 Å². The fourth-order valence-corrected chi connectivity index (χ4v) is 2.80. The monoisotopic (exact) mass is 383 g/mol. The molecule has 0 saturated heterocycles. The van der Waals surface area contributed by atoms with E-state index in [0.29, 0.717) is 15.1 Å². The van der Waals surface area contributed by atoms with Crippen LogP contribution in [0.4, 0.5) is 0 Å². The zero-order chi connectivity index (χ0) is 11.7. The number of aromatic nitrogens is 1. The minimum atomic E-state index is 0.511. The van der Waals surface area contributed by atoms with Crippen LogP contribution in [0.25, 0.3) is 11.3 Å². The highest BCUT2D eigenvalue weighted by Gasteiger charge is 2.11. The van der Waals surface area contributed by atoms with Gasteiger partial charge >= 0.3 is 0 Å². The second-order valence-corrected chi connectivity index (χ2v) is 5.47. The number of nitrogens with zero attached hydrogens (tertiary/aromatic N) is 1. The van der Waals surface area contributed by atoms with Gasteiger partial charge in [0.25, 0.3) is 0 Å². The second kappa shape index (κ2) is 5.08. The average Bonchev–Trinajstić information content (AvgIpc) is 2.23. The van der Waals surface area contributed by atoms with Gasteiger partial charge in [0.2, 0.25) is 0 Å². The van der Waals surface area contributed by atoms with Crippen LogP contribution in [0.1, 0.15) is 0 Å². The number of benzene rings is 1. The smallest absolute Gasteiger partial charge is 0.0851 e. The minimum absolute atomic E-state index is 0.511. The third-order valence-electron chi connectivity index (χ3n) is 2.01. The van der Waals surface area contributed by atoms with Gasteiger partial charge in [0.05, 0.1) is 20.8 Å². The summed E-state index contributed by atoms with van der Waals surface area (Å²) in [7, 11) is 0. The van der Waals surface area contributed by atoms with E-state index in [-0.39, 0.29) is 0 Å². The molecule has 1 heterocycles. The van der Waals surface area contributed by atoms with Crippen LogP contribution in [-0.2, 0) is 0 Å². The molecule has 0 fully saturated rings. The van der Waals surface area contributed by atoms with Crippen molar-refractivity contribution in [2.45, 2.75) is 0 Å². The Morgan fingerprint density at radius 3 is 2.56 bits per heavy atom.